The van der Waals surface area contributed by atoms with Crippen LogP contribution in [0.1, 0.15) is 51.9 Å². The summed E-state index contributed by atoms with van der Waals surface area (Å²) in [5.41, 5.74) is 0. The topological polar surface area (TPSA) is 60.9 Å². The average molecular weight is 294 g/mol. The van der Waals surface area contributed by atoms with Crippen LogP contribution in [0.2, 0.25) is 0 Å². The van der Waals surface area contributed by atoms with Crippen molar-refractivity contribution in [1.29, 1.82) is 0 Å². The number of nitrogens with zero attached hydrogens (tertiary/aromatic N) is 2. The van der Waals surface area contributed by atoms with Gasteiger partial charge in [0, 0.05) is 25.2 Å². The van der Waals surface area contributed by atoms with Gasteiger partial charge in [-0.2, -0.15) is 0 Å². The first-order chi connectivity index (χ1) is 10.1. The summed E-state index contributed by atoms with van der Waals surface area (Å²) in [5.74, 6) is -0.312. The zero-order valence-electron chi connectivity index (χ0n) is 12.8. The van der Waals surface area contributed by atoms with E-state index in [9.17, 15) is 14.7 Å². The van der Waals surface area contributed by atoms with E-state index in [4.69, 9.17) is 0 Å². The summed E-state index contributed by atoms with van der Waals surface area (Å²) in [6, 6.07) is 0.200. The van der Waals surface area contributed by atoms with Crippen LogP contribution >= 0.6 is 0 Å². The van der Waals surface area contributed by atoms with Crippen molar-refractivity contribution in [2.45, 2.75) is 64.0 Å². The van der Waals surface area contributed by atoms with Crippen LogP contribution in [0.5, 0.6) is 0 Å². The molecule has 0 saturated carbocycles. The Morgan fingerprint density at radius 3 is 2.43 bits per heavy atom. The van der Waals surface area contributed by atoms with E-state index in [0.29, 0.717) is 6.42 Å². The van der Waals surface area contributed by atoms with Gasteiger partial charge in [0.2, 0.25) is 0 Å². The van der Waals surface area contributed by atoms with E-state index in [1.54, 1.807) is 0 Å². The molecule has 3 heterocycles. The highest BCUT2D eigenvalue weighted by atomic mass is 16.4. The van der Waals surface area contributed by atoms with E-state index < -0.39 is 5.97 Å². The molecule has 3 aliphatic rings. The molecule has 5 nitrogen and oxygen atoms in total. The van der Waals surface area contributed by atoms with Crippen molar-refractivity contribution in [1.82, 2.24) is 9.80 Å². The SMILES string of the molecule is CCCC1CCN(C(=O)N2C3CCC2C(C(=O)O)C3)CC1. The highest BCUT2D eigenvalue weighted by molar-refractivity contribution is 5.79. The van der Waals surface area contributed by atoms with Crippen molar-refractivity contribution in [2.24, 2.45) is 11.8 Å². The maximum atomic E-state index is 12.8. The van der Waals surface area contributed by atoms with Crippen LogP contribution in [0.3, 0.4) is 0 Å². The minimum atomic E-state index is -0.735. The molecule has 2 amide bonds. The van der Waals surface area contributed by atoms with Crippen molar-refractivity contribution < 1.29 is 14.7 Å². The smallest absolute Gasteiger partial charge is 0.320 e. The van der Waals surface area contributed by atoms with Crippen LogP contribution in [-0.4, -0.2) is 52.1 Å². The van der Waals surface area contributed by atoms with Crippen LogP contribution in [-0.2, 0) is 4.79 Å². The van der Waals surface area contributed by atoms with Gasteiger partial charge in [-0.05, 0) is 38.0 Å². The molecule has 0 aromatic rings. The summed E-state index contributed by atoms with van der Waals surface area (Å²) in [5, 5.41) is 9.29. The van der Waals surface area contributed by atoms with Gasteiger partial charge in [0.05, 0.1) is 5.92 Å². The monoisotopic (exact) mass is 294 g/mol. The number of aliphatic carboxylic acids is 1. The molecule has 3 atom stereocenters. The number of rotatable bonds is 3. The maximum absolute atomic E-state index is 12.8. The van der Waals surface area contributed by atoms with Gasteiger partial charge in [0.25, 0.3) is 0 Å². The molecule has 0 aromatic heterocycles. The van der Waals surface area contributed by atoms with Gasteiger partial charge in [-0.15, -0.1) is 0 Å². The molecule has 0 radical (unpaired) electrons. The molecule has 21 heavy (non-hydrogen) atoms. The van der Waals surface area contributed by atoms with E-state index in [2.05, 4.69) is 6.92 Å². The summed E-state index contributed by atoms with van der Waals surface area (Å²) in [6.45, 7) is 3.90. The van der Waals surface area contributed by atoms with E-state index in [0.717, 1.165) is 44.7 Å². The van der Waals surface area contributed by atoms with Gasteiger partial charge in [0.1, 0.15) is 0 Å². The van der Waals surface area contributed by atoms with Crippen LogP contribution < -0.4 is 0 Å². The number of carboxylic acid groups (broad SMARTS) is 1. The van der Waals surface area contributed by atoms with Gasteiger partial charge in [-0.3, -0.25) is 4.79 Å². The van der Waals surface area contributed by atoms with Gasteiger partial charge in [0.15, 0.2) is 0 Å². The molecular weight excluding hydrogens is 268 g/mol. The minimum absolute atomic E-state index is 0.0617. The predicted octanol–water partition coefficient (Wildman–Crippen LogP) is 2.56. The summed E-state index contributed by atoms with van der Waals surface area (Å²) in [6.07, 6.45) is 7.17. The summed E-state index contributed by atoms with van der Waals surface area (Å²) < 4.78 is 0. The molecule has 3 unspecified atom stereocenters. The first-order valence-electron chi connectivity index (χ1n) is 8.41. The molecule has 3 saturated heterocycles. The van der Waals surface area contributed by atoms with Crippen LogP contribution in [0.4, 0.5) is 4.79 Å². The molecule has 0 aromatic carbocycles. The second kappa shape index (κ2) is 5.85. The third-order valence-corrected chi connectivity index (χ3v) is 5.66. The number of likely N-dealkylation sites (tertiary alicyclic amines) is 1. The minimum Gasteiger partial charge on any atom is -0.481 e. The third kappa shape index (κ3) is 2.62. The standard InChI is InChI=1S/C16H26N2O3/c1-2-3-11-6-8-17(9-7-11)16(21)18-12-4-5-14(18)13(10-12)15(19)20/h11-14H,2-10H2,1H3,(H,19,20). The number of hydrogen-bond donors (Lipinski definition) is 1. The zero-order chi connectivity index (χ0) is 15.0. The number of piperidine rings is 1. The van der Waals surface area contributed by atoms with Crippen LogP contribution in [0.15, 0.2) is 0 Å². The molecule has 118 valence electrons. The van der Waals surface area contributed by atoms with E-state index in [1.807, 2.05) is 9.80 Å². The molecule has 2 bridgehead atoms. The largest absolute Gasteiger partial charge is 0.481 e. The Balaban J connectivity index is 1.61. The van der Waals surface area contributed by atoms with Gasteiger partial charge in [-0.25, -0.2) is 4.79 Å². The first kappa shape index (κ1) is 14.7. The fourth-order valence-corrected chi connectivity index (χ4v) is 4.54. The van der Waals surface area contributed by atoms with E-state index >= 15 is 0 Å². The van der Waals surface area contributed by atoms with Crippen molar-refractivity contribution in [2.75, 3.05) is 13.1 Å². The molecule has 3 rings (SSSR count). The zero-order valence-corrected chi connectivity index (χ0v) is 12.8. The second-order valence-corrected chi connectivity index (χ2v) is 6.89. The molecule has 0 spiro atoms. The fraction of sp³-hybridized carbons (Fsp3) is 0.875. The number of amides is 2. The Hall–Kier alpha value is -1.26. The predicted molar refractivity (Wildman–Crippen MR) is 79.0 cm³/mol. The Kier molecular flexibility index (Phi) is 4.09. The van der Waals surface area contributed by atoms with Crippen molar-refractivity contribution in [3.8, 4) is 0 Å². The van der Waals surface area contributed by atoms with Crippen LogP contribution in [0, 0.1) is 11.8 Å². The lowest BCUT2D eigenvalue weighted by atomic mass is 9.89. The molecule has 3 aliphatic heterocycles. The lowest BCUT2D eigenvalue weighted by molar-refractivity contribution is -0.142. The highest BCUT2D eigenvalue weighted by Gasteiger charge is 2.52. The third-order valence-electron chi connectivity index (χ3n) is 5.66. The van der Waals surface area contributed by atoms with E-state index in [1.165, 1.54) is 12.8 Å². The Morgan fingerprint density at radius 2 is 1.86 bits per heavy atom. The average Bonchev–Trinajstić information content (AvgIpc) is 3.05. The van der Waals surface area contributed by atoms with Crippen molar-refractivity contribution in [3.63, 3.8) is 0 Å². The molecule has 3 fully saturated rings. The number of hydrogen-bond acceptors (Lipinski definition) is 2. The lowest BCUT2D eigenvalue weighted by Gasteiger charge is -2.36. The molecule has 5 heteroatoms. The fourth-order valence-electron chi connectivity index (χ4n) is 4.54. The first-order valence-corrected chi connectivity index (χ1v) is 8.41. The summed E-state index contributed by atoms with van der Waals surface area (Å²) >= 11 is 0. The molecule has 1 N–H and O–H groups in total. The number of carbonyl (C=O) groups is 2. The number of carbonyl (C=O) groups excluding carboxylic acids is 1. The Bertz CT molecular complexity index is 418. The van der Waals surface area contributed by atoms with E-state index in [-0.39, 0.29) is 24.0 Å². The quantitative estimate of drug-likeness (QED) is 0.870. The Labute approximate surface area is 126 Å². The maximum Gasteiger partial charge on any atom is 0.320 e. The normalized spacial score (nSPS) is 32.7. The Morgan fingerprint density at radius 1 is 1.14 bits per heavy atom. The summed E-state index contributed by atoms with van der Waals surface area (Å²) in [4.78, 5) is 27.9. The number of fused-ring (bicyclic) bond motifs is 2. The molecular formula is C16H26N2O3. The second-order valence-electron chi connectivity index (χ2n) is 6.89. The molecule has 0 aliphatic carbocycles. The highest BCUT2D eigenvalue weighted by Crippen LogP contribution is 2.42. The van der Waals surface area contributed by atoms with Crippen LogP contribution in [0.25, 0.3) is 0 Å². The summed E-state index contributed by atoms with van der Waals surface area (Å²) in [7, 11) is 0. The lowest BCUT2D eigenvalue weighted by Crippen LogP contribution is -2.49. The number of urea groups is 1. The van der Waals surface area contributed by atoms with Gasteiger partial charge < -0.3 is 14.9 Å². The van der Waals surface area contributed by atoms with Gasteiger partial charge in [-0.1, -0.05) is 19.8 Å². The number of carboxylic acids is 1. The van der Waals surface area contributed by atoms with Crippen molar-refractivity contribution in [3.05, 3.63) is 0 Å². The van der Waals surface area contributed by atoms with Gasteiger partial charge >= 0.3 is 12.0 Å². The van der Waals surface area contributed by atoms with Crippen molar-refractivity contribution >= 4 is 12.0 Å².